The van der Waals surface area contributed by atoms with Crippen molar-refractivity contribution in [1.29, 1.82) is 0 Å². The van der Waals surface area contributed by atoms with Gasteiger partial charge < -0.3 is 30.2 Å². The third-order valence-electron chi connectivity index (χ3n) is 7.72. The van der Waals surface area contributed by atoms with Gasteiger partial charge in [0.2, 0.25) is 0 Å². The van der Waals surface area contributed by atoms with Crippen molar-refractivity contribution in [2.24, 2.45) is 0 Å². The molecule has 14 nitrogen and oxygen atoms in total. The lowest BCUT2D eigenvalue weighted by Crippen LogP contribution is -2.50. The maximum absolute atomic E-state index is 13.1. The van der Waals surface area contributed by atoms with E-state index in [0.29, 0.717) is 63.7 Å². The quantitative estimate of drug-likeness (QED) is 0.314. The first-order chi connectivity index (χ1) is 20.7. The number of urea groups is 2. The fourth-order valence-electron chi connectivity index (χ4n) is 5.14. The van der Waals surface area contributed by atoms with Crippen LogP contribution in [0.3, 0.4) is 0 Å². The van der Waals surface area contributed by atoms with Crippen LogP contribution in [-0.2, 0) is 0 Å². The van der Waals surface area contributed by atoms with E-state index in [2.05, 4.69) is 20.4 Å². The molecule has 0 spiro atoms. The molecule has 3 aromatic carbocycles. The predicted molar refractivity (Wildman–Crippen MR) is 163 cm³/mol. The highest BCUT2D eigenvalue weighted by Crippen LogP contribution is 2.24. The lowest BCUT2D eigenvalue weighted by atomic mass is 10.1. The minimum atomic E-state index is -0.430. The Hall–Kier alpha value is -5.40. The van der Waals surface area contributed by atoms with Gasteiger partial charge in [0, 0.05) is 99.4 Å². The van der Waals surface area contributed by atoms with Gasteiger partial charge >= 0.3 is 12.1 Å². The van der Waals surface area contributed by atoms with Crippen LogP contribution in [-0.4, -0.2) is 84.1 Å². The van der Waals surface area contributed by atoms with E-state index < -0.39 is 9.85 Å². The largest absolute Gasteiger partial charge is 0.368 e. The number of carbonyl (C=O) groups excluding carboxylic acids is 2. The van der Waals surface area contributed by atoms with E-state index >= 15 is 0 Å². The Labute approximate surface area is 247 Å². The van der Waals surface area contributed by atoms with Crippen LogP contribution >= 0.6 is 0 Å². The second-order valence-corrected chi connectivity index (χ2v) is 10.4. The summed E-state index contributed by atoms with van der Waals surface area (Å²) >= 11 is 0. The van der Waals surface area contributed by atoms with Gasteiger partial charge in [0.1, 0.15) is 0 Å². The smallest absolute Gasteiger partial charge is 0.321 e. The molecule has 43 heavy (non-hydrogen) atoms. The summed E-state index contributed by atoms with van der Waals surface area (Å²) in [5.74, 6) is 0. The number of anilines is 4. The molecule has 0 unspecified atom stereocenters. The Morgan fingerprint density at radius 2 is 1.05 bits per heavy atom. The Morgan fingerprint density at radius 1 is 0.628 bits per heavy atom. The maximum Gasteiger partial charge on any atom is 0.321 e. The molecule has 0 saturated carbocycles. The number of aryl methyl sites for hydroxylation is 1. The summed E-state index contributed by atoms with van der Waals surface area (Å²) < 4.78 is 0. The van der Waals surface area contributed by atoms with E-state index in [9.17, 15) is 29.8 Å². The van der Waals surface area contributed by atoms with Crippen LogP contribution in [0.15, 0.2) is 66.7 Å². The highest BCUT2D eigenvalue weighted by Gasteiger charge is 2.24. The summed E-state index contributed by atoms with van der Waals surface area (Å²) in [6.45, 7) is 6.22. The molecule has 2 N–H and O–H groups in total. The van der Waals surface area contributed by atoms with Crippen LogP contribution < -0.4 is 20.4 Å². The zero-order valence-corrected chi connectivity index (χ0v) is 23.6. The average molecular weight is 589 g/mol. The Morgan fingerprint density at radius 3 is 1.47 bits per heavy atom. The summed E-state index contributed by atoms with van der Waals surface area (Å²) in [5, 5.41) is 27.7. The van der Waals surface area contributed by atoms with Crippen molar-refractivity contribution in [2.45, 2.75) is 6.92 Å². The average Bonchev–Trinajstić information content (AvgIpc) is 3.03. The zero-order chi connectivity index (χ0) is 30.5. The van der Waals surface area contributed by atoms with Crippen molar-refractivity contribution in [3.8, 4) is 0 Å². The molecule has 5 rings (SSSR count). The number of non-ortho nitro benzene ring substituents is 2. The third-order valence-corrected chi connectivity index (χ3v) is 7.72. The van der Waals surface area contributed by atoms with Crippen molar-refractivity contribution >= 4 is 46.2 Å². The van der Waals surface area contributed by atoms with Gasteiger partial charge in [-0.3, -0.25) is 20.2 Å². The SMILES string of the molecule is Cc1ccc(NC(=O)N2CCN(c3ccc([N+](=O)[O-])cc3)CC2)cc1NC(=O)N1CCN(c2ccc([N+](=O)[O-])cc2)CC1. The number of carbonyl (C=O) groups is 2. The second-order valence-electron chi connectivity index (χ2n) is 10.4. The molecule has 4 amide bonds. The third kappa shape index (κ3) is 6.92. The first-order valence-electron chi connectivity index (χ1n) is 13.9. The summed E-state index contributed by atoms with van der Waals surface area (Å²) in [6, 6.07) is 17.7. The predicted octanol–water partition coefficient (Wildman–Crippen LogP) is 4.52. The van der Waals surface area contributed by atoms with Gasteiger partial charge in [0.25, 0.3) is 11.4 Å². The molecular weight excluding hydrogens is 556 g/mol. The number of benzene rings is 3. The van der Waals surface area contributed by atoms with Crippen LogP contribution in [0.25, 0.3) is 0 Å². The number of nitro groups is 2. The Kier molecular flexibility index (Phi) is 8.55. The van der Waals surface area contributed by atoms with E-state index in [-0.39, 0.29) is 23.4 Å². The van der Waals surface area contributed by atoms with Crippen molar-refractivity contribution in [2.75, 3.05) is 72.8 Å². The molecule has 14 heteroatoms. The van der Waals surface area contributed by atoms with Crippen LogP contribution in [0.2, 0.25) is 0 Å². The molecular formula is C29H32N8O6. The molecule has 2 saturated heterocycles. The van der Waals surface area contributed by atoms with Crippen molar-refractivity contribution in [3.63, 3.8) is 0 Å². The molecule has 0 atom stereocenters. The monoisotopic (exact) mass is 588 g/mol. The standard InChI is InChI=1S/C29H32N8O6/c1-21-2-3-22(30-28(38)34-16-12-32(13-17-34)23-4-8-25(9-5-23)36(40)41)20-27(21)31-29(39)35-18-14-33(15-19-35)24-6-10-26(11-7-24)37(42)43/h2-11,20H,12-19H2,1H3,(H,30,38)(H,31,39). The van der Waals surface area contributed by atoms with Gasteiger partial charge in [0.05, 0.1) is 9.85 Å². The van der Waals surface area contributed by atoms with E-state index in [0.717, 1.165) is 16.9 Å². The Bertz CT molecular complexity index is 1500. The number of amides is 4. The molecule has 0 aromatic heterocycles. The molecule has 2 aliphatic heterocycles. The Balaban J connectivity index is 1.11. The molecule has 0 bridgehead atoms. The molecule has 2 aliphatic rings. The molecule has 2 fully saturated rings. The van der Waals surface area contributed by atoms with Gasteiger partial charge in [-0.1, -0.05) is 6.07 Å². The number of nitrogens with zero attached hydrogens (tertiary/aromatic N) is 6. The number of nitro benzene ring substituents is 2. The summed E-state index contributed by atoms with van der Waals surface area (Å²) in [7, 11) is 0. The number of nitrogens with one attached hydrogen (secondary N) is 2. The lowest BCUT2D eigenvalue weighted by Gasteiger charge is -2.36. The first-order valence-corrected chi connectivity index (χ1v) is 13.9. The van der Waals surface area contributed by atoms with Crippen LogP contribution in [0, 0.1) is 27.2 Å². The highest BCUT2D eigenvalue weighted by atomic mass is 16.6. The summed E-state index contributed by atoms with van der Waals surface area (Å²) in [6.07, 6.45) is 0. The zero-order valence-electron chi connectivity index (χ0n) is 23.6. The summed E-state index contributed by atoms with van der Waals surface area (Å²) in [4.78, 5) is 54.6. The fraction of sp³-hybridized carbons (Fsp3) is 0.310. The first kappa shape index (κ1) is 29.1. The van der Waals surface area contributed by atoms with Crippen molar-refractivity contribution in [1.82, 2.24) is 9.80 Å². The number of piperazine rings is 2. The van der Waals surface area contributed by atoms with Crippen LogP contribution in [0.1, 0.15) is 5.56 Å². The summed E-state index contributed by atoms with van der Waals surface area (Å²) in [5.41, 5.74) is 3.84. The number of hydrogen-bond acceptors (Lipinski definition) is 8. The van der Waals surface area contributed by atoms with E-state index in [1.807, 2.05) is 13.0 Å². The molecule has 3 aromatic rings. The van der Waals surface area contributed by atoms with E-state index in [1.165, 1.54) is 24.3 Å². The van der Waals surface area contributed by atoms with Gasteiger partial charge in [-0.05, 0) is 48.9 Å². The van der Waals surface area contributed by atoms with Gasteiger partial charge in [-0.25, -0.2) is 9.59 Å². The second kappa shape index (κ2) is 12.6. The van der Waals surface area contributed by atoms with Crippen LogP contribution in [0.5, 0.6) is 0 Å². The topological polar surface area (TPSA) is 157 Å². The van der Waals surface area contributed by atoms with Crippen molar-refractivity contribution in [3.05, 3.63) is 92.5 Å². The normalized spacial score (nSPS) is 15.2. The van der Waals surface area contributed by atoms with Crippen molar-refractivity contribution < 1.29 is 19.4 Å². The highest BCUT2D eigenvalue weighted by molar-refractivity contribution is 5.93. The van der Waals surface area contributed by atoms with Gasteiger partial charge in [-0.2, -0.15) is 0 Å². The number of hydrogen-bond donors (Lipinski definition) is 2. The van der Waals surface area contributed by atoms with Gasteiger partial charge in [0.15, 0.2) is 0 Å². The number of rotatable bonds is 6. The van der Waals surface area contributed by atoms with Gasteiger partial charge in [-0.15, -0.1) is 0 Å². The molecule has 0 aliphatic carbocycles. The minimum absolute atomic E-state index is 0.0395. The van der Waals surface area contributed by atoms with Crippen LogP contribution in [0.4, 0.5) is 43.7 Å². The van der Waals surface area contributed by atoms with E-state index in [1.54, 1.807) is 46.2 Å². The van der Waals surface area contributed by atoms with E-state index in [4.69, 9.17) is 0 Å². The lowest BCUT2D eigenvalue weighted by molar-refractivity contribution is -0.385. The molecule has 224 valence electrons. The maximum atomic E-state index is 13.1. The minimum Gasteiger partial charge on any atom is -0.368 e. The molecule has 0 radical (unpaired) electrons. The fourth-order valence-corrected chi connectivity index (χ4v) is 5.14. The molecule has 2 heterocycles.